The molecule has 1 saturated heterocycles. The van der Waals surface area contributed by atoms with Gasteiger partial charge in [-0.3, -0.25) is 0 Å². The summed E-state index contributed by atoms with van der Waals surface area (Å²) in [5.74, 6) is 2.00. The highest BCUT2D eigenvalue weighted by atomic mass is 15.2. The van der Waals surface area contributed by atoms with Crippen LogP contribution in [0.15, 0.2) is 12.1 Å². The molecule has 1 N–H and O–H groups in total. The van der Waals surface area contributed by atoms with Crippen LogP contribution >= 0.6 is 0 Å². The summed E-state index contributed by atoms with van der Waals surface area (Å²) < 4.78 is 0. The van der Waals surface area contributed by atoms with E-state index in [9.17, 15) is 0 Å². The maximum absolute atomic E-state index is 4.75. The van der Waals surface area contributed by atoms with E-state index in [4.69, 9.17) is 4.98 Å². The predicted octanol–water partition coefficient (Wildman–Crippen LogP) is 3.76. The van der Waals surface area contributed by atoms with Crippen molar-refractivity contribution in [3.05, 3.63) is 23.4 Å². The average Bonchev–Trinajstić information content (AvgIpc) is 2.44. The van der Waals surface area contributed by atoms with Crippen LogP contribution in [-0.4, -0.2) is 24.6 Å². The van der Waals surface area contributed by atoms with Gasteiger partial charge in [0.2, 0.25) is 0 Å². The number of anilines is 1. The highest BCUT2D eigenvalue weighted by Gasteiger charge is 2.29. The Balaban J connectivity index is 2.04. The Morgan fingerprint density at radius 1 is 1.24 bits per heavy atom. The van der Waals surface area contributed by atoms with Crippen LogP contribution in [0.25, 0.3) is 0 Å². The van der Waals surface area contributed by atoms with Crippen LogP contribution < -0.4 is 10.2 Å². The van der Waals surface area contributed by atoms with Gasteiger partial charge in [-0.25, -0.2) is 4.98 Å². The topological polar surface area (TPSA) is 28.2 Å². The number of nitrogens with one attached hydrogen (secondary N) is 1. The van der Waals surface area contributed by atoms with Gasteiger partial charge in [0, 0.05) is 25.3 Å². The van der Waals surface area contributed by atoms with Gasteiger partial charge < -0.3 is 10.2 Å². The Morgan fingerprint density at radius 3 is 2.48 bits per heavy atom. The smallest absolute Gasteiger partial charge is 0.129 e. The summed E-state index contributed by atoms with van der Waals surface area (Å²) in [5.41, 5.74) is 2.90. The van der Waals surface area contributed by atoms with Gasteiger partial charge in [0.05, 0.1) is 0 Å². The number of hydrogen-bond donors (Lipinski definition) is 1. The molecule has 1 aliphatic rings. The van der Waals surface area contributed by atoms with Crippen molar-refractivity contribution >= 4 is 5.82 Å². The van der Waals surface area contributed by atoms with Gasteiger partial charge in [-0.15, -0.1) is 0 Å². The largest absolute Gasteiger partial charge is 0.357 e. The van der Waals surface area contributed by atoms with Gasteiger partial charge in [0.1, 0.15) is 5.82 Å². The Morgan fingerprint density at radius 2 is 1.90 bits per heavy atom. The molecule has 118 valence electrons. The van der Waals surface area contributed by atoms with Crippen molar-refractivity contribution in [1.82, 2.24) is 10.3 Å². The van der Waals surface area contributed by atoms with Crippen molar-refractivity contribution < 1.29 is 0 Å². The molecule has 0 unspecified atom stereocenters. The lowest BCUT2D eigenvalue weighted by Crippen LogP contribution is -2.38. The van der Waals surface area contributed by atoms with E-state index in [2.05, 4.69) is 57.0 Å². The molecular formula is C18H31N3. The molecule has 2 rings (SSSR count). The second-order valence-electron chi connectivity index (χ2n) is 7.38. The molecule has 1 fully saturated rings. The minimum absolute atomic E-state index is 0.433. The van der Waals surface area contributed by atoms with Crippen molar-refractivity contribution in [3.8, 4) is 0 Å². The van der Waals surface area contributed by atoms with E-state index in [1.54, 1.807) is 0 Å². The van der Waals surface area contributed by atoms with Crippen LogP contribution in [0.2, 0.25) is 0 Å². The number of rotatable bonds is 4. The number of pyridine rings is 1. The summed E-state index contributed by atoms with van der Waals surface area (Å²) in [6.07, 6.45) is 2.56. The molecular weight excluding hydrogens is 258 g/mol. The molecule has 1 aromatic heterocycles. The van der Waals surface area contributed by atoms with Gasteiger partial charge in [0.25, 0.3) is 0 Å². The fourth-order valence-corrected chi connectivity index (χ4v) is 3.23. The van der Waals surface area contributed by atoms with Crippen LogP contribution in [-0.2, 0) is 6.54 Å². The molecule has 0 radical (unpaired) electrons. The summed E-state index contributed by atoms with van der Waals surface area (Å²) in [5, 5.41) is 3.40. The maximum atomic E-state index is 4.75. The molecule has 0 amide bonds. The molecule has 3 heteroatoms. The number of aryl methyl sites for hydroxylation is 1. The van der Waals surface area contributed by atoms with E-state index in [1.807, 2.05) is 0 Å². The number of hydrogen-bond acceptors (Lipinski definition) is 3. The van der Waals surface area contributed by atoms with Gasteiger partial charge >= 0.3 is 0 Å². The van der Waals surface area contributed by atoms with Crippen molar-refractivity contribution in [2.75, 3.05) is 24.5 Å². The first-order chi connectivity index (χ1) is 9.90. The third kappa shape index (κ3) is 4.44. The third-order valence-electron chi connectivity index (χ3n) is 4.62. The normalized spacial score (nSPS) is 17.3. The van der Waals surface area contributed by atoms with E-state index in [0.717, 1.165) is 43.6 Å². The minimum Gasteiger partial charge on any atom is -0.357 e. The highest BCUT2D eigenvalue weighted by molar-refractivity contribution is 5.43. The summed E-state index contributed by atoms with van der Waals surface area (Å²) in [4.78, 5) is 7.21. The quantitative estimate of drug-likeness (QED) is 0.914. The SMILES string of the molecule is CCNCc1cc(C)nc(N2CCC(C(C)(C)C)CC2)c1. The van der Waals surface area contributed by atoms with Gasteiger partial charge in [-0.05, 0) is 55.3 Å². The monoisotopic (exact) mass is 289 g/mol. The number of aromatic nitrogens is 1. The first-order valence-corrected chi connectivity index (χ1v) is 8.33. The molecule has 0 aromatic carbocycles. The van der Waals surface area contributed by atoms with Crippen LogP contribution in [0.4, 0.5) is 5.82 Å². The van der Waals surface area contributed by atoms with Gasteiger partial charge in [-0.1, -0.05) is 27.7 Å². The standard InChI is InChI=1S/C18H31N3/c1-6-19-13-15-11-14(2)20-17(12-15)21-9-7-16(8-10-21)18(3,4)5/h11-12,16,19H,6-10,13H2,1-5H3. The van der Waals surface area contributed by atoms with Crippen molar-refractivity contribution in [3.63, 3.8) is 0 Å². The Bertz CT molecular complexity index is 454. The molecule has 2 heterocycles. The van der Waals surface area contributed by atoms with Gasteiger partial charge in [-0.2, -0.15) is 0 Å². The summed E-state index contributed by atoms with van der Waals surface area (Å²) in [6.45, 7) is 15.6. The zero-order chi connectivity index (χ0) is 15.5. The summed E-state index contributed by atoms with van der Waals surface area (Å²) >= 11 is 0. The Kier molecular flexibility index (Phi) is 5.26. The second kappa shape index (κ2) is 6.78. The third-order valence-corrected chi connectivity index (χ3v) is 4.62. The zero-order valence-corrected chi connectivity index (χ0v) is 14.4. The van der Waals surface area contributed by atoms with Gasteiger partial charge in [0.15, 0.2) is 0 Å². The van der Waals surface area contributed by atoms with E-state index >= 15 is 0 Å². The lowest BCUT2D eigenvalue weighted by atomic mass is 9.75. The van der Waals surface area contributed by atoms with E-state index in [-0.39, 0.29) is 0 Å². The minimum atomic E-state index is 0.433. The molecule has 0 atom stereocenters. The number of piperidine rings is 1. The fraction of sp³-hybridized carbons (Fsp3) is 0.722. The Hall–Kier alpha value is -1.09. The maximum Gasteiger partial charge on any atom is 0.129 e. The van der Waals surface area contributed by atoms with Crippen molar-refractivity contribution in [2.45, 2.75) is 54.0 Å². The lowest BCUT2D eigenvalue weighted by Gasteiger charge is -2.39. The van der Waals surface area contributed by atoms with E-state index in [1.165, 1.54) is 18.4 Å². The van der Waals surface area contributed by atoms with E-state index < -0.39 is 0 Å². The van der Waals surface area contributed by atoms with Crippen LogP contribution in [0, 0.1) is 18.3 Å². The molecule has 0 saturated carbocycles. The fourth-order valence-electron chi connectivity index (χ4n) is 3.23. The summed E-state index contributed by atoms with van der Waals surface area (Å²) in [7, 11) is 0. The first kappa shape index (κ1) is 16.3. The molecule has 0 spiro atoms. The summed E-state index contributed by atoms with van der Waals surface area (Å²) in [6, 6.07) is 4.45. The molecule has 1 aliphatic heterocycles. The van der Waals surface area contributed by atoms with Crippen LogP contribution in [0.3, 0.4) is 0 Å². The number of nitrogens with zero attached hydrogens (tertiary/aromatic N) is 2. The van der Waals surface area contributed by atoms with Crippen LogP contribution in [0.5, 0.6) is 0 Å². The second-order valence-corrected chi connectivity index (χ2v) is 7.38. The van der Waals surface area contributed by atoms with E-state index in [0.29, 0.717) is 5.41 Å². The van der Waals surface area contributed by atoms with Crippen molar-refractivity contribution in [1.29, 1.82) is 0 Å². The molecule has 0 bridgehead atoms. The average molecular weight is 289 g/mol. The Labute approximate surface area is 130 Å². The predicted molar refractivity (Wildman–Crippen MR) is 90.7 cm³/mol. The lowest BCUT2D eigenvalue weighted by molar-refractivity contribution is 0.198. The molecule has 3 nitrogen and oxygen atoms in total. The first-order valence-electron chi connectivity index (χ1n) is 8.33. The molecule has 0 aliphatic carbocycles. The zero-order valence-electron chi connectivity index (χ0n) is 14.4. The molecule has 21 heavy (non-hydrogen) atoms. The molecule has 1 aromatic rings. The highest BCUT2D eigenvalue weighted by Crippen LogP contribution is 2.35. The van der Waals surface area contributed by atoms with Crippen LogP contribution in [0.1, 0.15) is 51.8 Å². The van der Waals surface area contributed by atoms with Crippen molar-refractivity contribution in [2.24, 2.45) is 11.3 Å².